The first-order chi connectivity index (χ1) is 12.1. The van der Waals surface area contributed by atoms with Crippen molar-refractivity contribution in [3.05, 3.63) is 53.5 Å². The smallest absolute Gasteiger partial charge is 0.280 e. The molecule has 3 aromatic heterocycles. The minimum atomic E-state index is -0.221. The molecular weight excluding hydrogens is 322 g/mol. The van der Waals surface area contributed by atoms with Crippen LogP contribution in [0.2, 0.25) is 0 Å². The van der Waals surface area contributed by atoms with E-state index in [-0.39, 0.29) is 11.7 Å². The lowest BCUT2D eigenvalue weighted by atomic mass is 10.2. The van der Waals surface area contributed by atoms with Crippen LogP contribution in [0, 0.1) is 0 Å². The fourth-order valence-electron chi connectivity index (χ4n) is 2.23. The van der Waals surface area contributed by atoms with E-state index in [1.54, 1.807) is 30.7 Å². The van der Waals surface area contributed by atoms with Crippen LogP contribution in [0.3, 0.4) is 0 Å². The fourth-order valence-corrected chi connectivity index (χ4v) is 2.23. The van der Waals surface area contributed by atoms with E-state index in [0.717, 1.165) is 5.56 Å². The third-order valence-electron chi connectivity index (χ3n) is 3.39. The zero-order valence-electron chi connectivity index (χ0n) is 14.0. The summed E-state index contributed by atoms with van der Waals surface area (Å²) >= 11 is 0. The van der Waals surface area contributed by atoms with Crippen LogP contribution in [0.4, 0.5) is 0 Å². The molecule has 0 atom stereocenters. The first kappa shape index (κ1) is 16.8. The predicted octanol–water partition coefficient (Wildman–Crippen LogP) is 1.82. The van der Waals surface area contributed by atoms with Crippen LogP contribution in [-0.4, -0.2) is 44.1 Å². The van der Waals surface area contributed by atoms with Gasteiger partial charge in [0.25, 0.3) is 5.56 Å². The molecule has 0 bridgehead atoms. The topological polar surface area (TPSA) is 94.9 Å². The molecule has 25 heavy (non-hydrogen) atoms. The maximum atomic E-state index is 12.6. The van der Waals surface area contributed by atoms with Gasteiger partial charge in [0.05, 0.1) is 18.3 Å². The largest absolute Gasteiger partial charge is 0.475 e. The second-order valence-electron chi connectivity index (χ2n) is 5.55. The summed E-state index contributed by atoms with van der Waals surface area (Å²) in [6.07, 6.45) is 6.42. The molecule has 3 rings (SSSR count). The van der Waals surface area contributed by atoms with Crippen molar-refractivity contribution in [2.75, 3.05) is 13.2 Å². The number of rotatable bonds is 7. The number of H-pyrrole nitrogens is 1. The molecule has 0 fully saturated rings. The van der Waals surface area contributed by atoms with E-state index in [0.29, 0.717) is 30.5 Å². The maximum absolute atomic E-state index is 12.6. The molecule has 0 aromatic carbocycles. The molecule has 0 amide bonds. The Morgan fingerprint density at radius 2 is 2.16 bits per heavy atom. The van der Waals surface area contributed by atoms with Gasteiger partial charge in [-0.05, 0) is 19.9 Å². The number of hydrogen-bond acceptors (Lipinski definition) is 6. The fraction of sp³-hybridized carbons (Fsp3) is 0.294. The molecule has 8 heteroatoms. The number of hydrogen-bond donors (Lipinski definition) is 1. The molecule has 3 heterocycles. The molecule has 0 aliphatic rings. The van der Waals surface area contributed by atoms with E-state index < -0.39 is 0 Å². The minimum Gasteiger partial charge on any atom is -0.475 e. The molecule has 0 saturated carbocycles. The molecule has 1 N–H and O–H groups in total. The van der Waals surface area contributed by atoms with E-state index in [2.05, 4.69) is 20.1 Å². The Labute approximate surface area is 144 Å². The van der Waals surface area contributed by atoms with Crippen molar-refractivity contribution >= 4 is 0 Å². The van der Waals surface area contributed by atoms with Crippen molar-refractivity contribution in [3.8, 4) is 22.8 Å². The molecule has 0 spiro atoms. The number of pyridine rings is 1. The van der Waals surface area contributed by atoms with E-state index in [1.807, 2.05) is 19.9 Å². The molecule has 0 saturated heterocycles. The highest BCUT2D eigenvalue weighted by Crippen LogP contribution is 2.14. The van der Waals surface area contributed by atoms with Crippen molar-refractivity contribution in [1.82, 2.24) is 24.7 Å². The minimum absolute atomic E-state index is 0.146. The highest BCUT2D eigenvalue weighted by molar-refractivity contribution is 5.60. The Hall–Kier alpha value is -3.00. The normalized spacial score (nSPS) is 11.0. The van der Waals surface area contributed by atoms with Crippen LogP contribution in [-0.2, 0) is 4.74 Å². The summed E-state index contributed by atoms with van der Waals surface area (Å²) < 4.78 is 12.3. The first-order valence-corrected chi connectivity index (χ1v) is 7.93. The van der Waals surface area contributed by atoms with Crippen molar-refractivity contribution in [3.63, 3.8) is 0 Å². The lowest BCUT2D eigenvalue weighted by molar-refractivity contribution is 0.0542. The van der Waals surface area contributed by atoms with E-state index in [1.165, 1.54) is 11.0 Å². The van der Waals surface area contributed by atoms with Crippen LogP contribution >= 0.6 is 0 Å². The van der Waals surface area contributed by atoms with Gasteiger partial charge >= 0.3 is 0 Å². The lowest BCUT2D eigenvalue weighted by Gasteiger charge is -2.09. The SMILES string of the molecule is CC(C)OCCOc1cc(-n2[nH]cc(-c3cccnc3)c2=O)ncn1. The van der Waals surface area contributed by atoms with Crippen molar-refractivity contribution in [2.45, 2.75) is 20.0 Å². The summed E-state index contributed by atoms with van der Waals surface area (Å²) in [7, 11) is 0. The predicted molar refractivity (Wildman–Crippen MR) is 91.8 cm³/mol. The van der Waals surface area contributed by atoms with Crippen molar-refractivity contribution in [2.24, 2.45) is 0 Å². The van der Waals surface area contributed by atoms with Gasteiger partial charge in [-0.3, -0.25) is 14.9 Å². The maximum Gasteiger partial charge on any atom is 0.280 e. The Morgan fingerprint density at radius 1 is 1.28 bits per heavy atom. The third kappa shape index (κ3) is 4.10. The second kappa shape index (κ2) is 7.71. The van der Waals surface area contributed by atoms with Gasteiger partial charge in [0.15, 0.2) is 5.82 Å². The first-order valence-electron chi connectivity index (χ1n) is 7.93. The van der Waals surface area contributed by atoms with E-state index in [9.17, 15) is 4.79 Å². The van der Waals surface area contributed by atoms with Crippen molar-refractivity contribution in [1.29, 1.82) is 0 Å². The number of ether oxygens (including phenoxy) is 2. The van der Waals surface area contributed by atoms with Gasteiger partial charge in [0, 0.05) is 30.2 Å². The zero-order valence-corrected chi connectivity index (χ0v) is 14.0. The number of nitrogens with one attached hydrogen (secondary N) is 1. The van der Waals surface area contributed by atoms with Crippen LogP contribution < -0.4 is 10.3 Å². The van der Waals surface area contributed by atoms with Gasteiger partial charge in [0.2, 0.25) is 5.88 Å². The number of aromatic amines is 1. The summed E-state index contributed by atoms with van der Waals surface area (Å²) in [5.74, 6) is 0.775. The van der Waals surface area contributed by atoms with E-state index >= 15 is 0 Å². The summed E-state index contributed by atoms with van der Waals surface area (Å²) in [4.78, 5) is 24.8. The quantitative estimate of drug-likeness (QED) is 0.659. The summed E-state index contributed by atoms with van der Waals surface area (Å²) in [5, 5.41) is 2.90. The number of aromatic nitrogens is 5. The van der Waals surface area contributed by atoms with Crippen molar-refractivity contribution < 1.29 is 9.47 Å². The summed E-state index contributed by atoms with van der Waals surface area (Å²) in [6, 6.07) is 5.20. The third-order valence-corrected chi connectivity index (χ3v) is 3.39. The Morgan fingerprint density at radius 3 is 2.92 bits per heavy atom. The Bertz CT molecular complexity index is 873. The molecule has 3 aromatic rings. The summed E-state index contributed by atoms with van der Waals surface area (Å²) in [6.45, 7) is 4.75. The molecule has 0 unspecified atom stereocenters. The van der Waals surface area contributed by atoms with E-state index in [4.69, 9.17) is 9.47 Å². The van der Waals surface area contributed by atoms with Gasteiger partial charge < -0.3 is 9.47 Å². The second-order valence-corrected chi connectivity index (χ2v) is 5.55. The average molecular weight is 341 g/mol. The molecule has 130 valence electrons. The molecule has 0 radical (unpaired) electrons. The lowest BCUT2D eigenvalue weighted by Crippen LogP contribution is -2.17. The van der Waals surface area contributed by atoms with Crippen LogP contribution in [0.5, 0.6) is 5.88 Å². The highest BCUT2D eigenvalue weighted by atomic mass is 16.5. The van der Waals surface area contributed by atoms with Gasteiger partial charge in [-0.2, -0.15) is 0 Å². The Kier molecular flexibility index (Phi) is 5.20. The van der Waals surface area contributed by atoms with Crippen LogP contribution in [0.1, 0.15) is 13.8 Å². The zero-order chi connectivity index (χ0) is 17.6. The van der Waals surface area contributed by atoms with Gasteiger partial charge in [-0.1, -0.05) is 6.07 Å². The van der Waals surface area contributed by atoms with Gasteiger partial charge in [-0.25, -0.2) is 14.6 Å². The molecule has 8 nitrogen and oxygen atoms in total. The average Bonchev–Trinajstić information content (AvgIpc) is 3.01. The highest BCUT2D eigenvalue weighted by Gasteiger charge is 2.11. The Balaban J connectivity index is 1.78. The monoisotopic (exact) mass is 341 g/mol. The number of nitrogens with zero attached hydrogens (tertiary/aromatic N) is 4. The summed E-state index contributed by atoms with van der Waals surface area (Å²) in [5.41, 5.74) is 1.03. The standard InChI is InChI=1S/C17H19N5O3/c1-12(2)24-6-7-25-16-8-15(19-11-20-16)22-17(23)14(10-21-22)13-4-3-5-18-9-13/h3-5,8-12,21H,6-7H2,1-2H3. The molecule has 0 aliphatic carbocycles. The molecular formula is C17H19N5O3. The van der Waals surface area contributed by atoms with Gasteiger partial charge in [-0.15, -0.1) is 0 Å². The van der Waals surface area contributed by atoms with Crippen LogP contribution in [0.15, 0.2) is 47.9 Å². The molecule has 0 aliphatic heterocycles. The van der Waals surface area contributed by atoms with Crippen LogP contribution in [0.25, 0.3) is 16.9 Å². The van der Waals surface area contributed by atoms with Gasteiger partial charge in [0.1, 0.15) is 12.9 Å².